The zero-order valence-electron chi connectivity index (χ0n) is 14.8. The standard InChI is InChI=1S/C19H20FN3O4/c20-15-2-3-16(17(12-15)23(24)25)22-7-5-21(6-8-22)13-14-1-4-18-19(11-14)27-10-9-26-18/h1-4,11-12H,5-10,13H2. The van der Waals surface area contributed by atoms with Gasteiger partial charge in [-0.1, -0.05) is 6.07 Å². The maximum Gasteiger partial charge on any atom is 0.295 e. The lowest BCUT2D eigenvalue weighted by Crippen LogP contribution is -2.46. The molecule has 4 rings (SSSR count). The highest BCUT2D eigenvalue weighted by atomic mass is 19.1. The molecule has 0 aromatic heterocycles. The summed E-state index contributed by atoms with van der Waals surface area (Å²) in [5.74, 6) is 0.959. The summed E-state index contributed by atoms with van der Waals surface area (Å²) in [6, 6.07) is 9.71. The molecule has 0 saturated carbocycles. The molecule has 2 aromatic carbocycles. The van der Waals surface area contributed by atoms with Crippen molar-refractivity contribution < 1.29 is 18.8 Å². The van der Waals surface area contributed by atoms with Crippen LogP contribution >= 0.6 is 0 Å². The molecule has 0 spiro atoms. The second-order valence-electron chi connectivity index (χ2n) is 6.63. The molecule has 142 valence electrons. The second kappa shape index (κ2) is 7.40. The number of nitro groups is 1. The fourth-order valence-electron chi connectivity index (χ4n) is 3.50. The lowest BCUT2D eigenvalue weighted by atomic mass is 10.1. The minimum atomic E-state index is -0.595. The van der Waals surface area contributed by atoms with E-state index in [0.717, 1.165) is 42.8 Å². The SMILES string of the molecule is O=[N+]([O-])c1cc(F)ccc1N1CCN(Cc2ccc3c(c2)OCCO3)CC1. The smallest absolute Gasteiger partial charge is 0.295 e. The number of hydrogen-bond donors (Lipinski definition) is 0. The van der Waals surface area contributed by atoms with Gasteiger partial charge in [0.25, 0.3) is 5.69 Å². The fraction of sp³-hybridized carbons (Fsp3) is 0.368. The summed E-state index contributed by atoms with van der Waals surface area (Å²) < 4.78 is 24.5. The van der Waals surface area contributed by atoms with Gasteiger partial charge in [0.2, 0.25) is 0 Å². The molecule has 2 aromatic rings. The zero-order valence-corrected chi connectivity index (χ0v) is 14.8. The Balaban J connectivity index is 1.40. The Morgan fingerprint density at radius 3 is 2.48 bits per heavy atom. The third-order valence-corrected chi connectivity index (χ3v) is 4.86. The Hall–Kier alpha value is -2.87. The summed E-state index contributed by atoms with van der Waals surface area (Å²) in [5, 5.41) is 11.2. The predicted molar refractivity (Wildman–Crippen MR) is 98.0 cm³/mol. The Kier molecular flexibility index (Phi) is 4.81. The van der Waals surface area contributed by atoms with Crippen molar-refractivity contribution in [3.8, 4) is 11.5 Å². The molecule has 0 atom stereocenters. The number of rotatable bonds is 4. The van der Waals surface area contributed by atoms with Crippen LogP contribution in [0.5, 0.6) is 11.5 Å². The molecule has 1 fully saturated rings. The summed E-state index contributed by atoms with van der Waals surface area (Å²) in [6.45, 7) is 4.74. The van der Waals surface area contributed by atoms with E-state index in [1.54, 1.807) is 0 Å². The number of fused-ring (bicyclic) bond motifs is 1. The fourth-order valence-corrected chi connectivity index (χ4v) is 3.50. The minimum absolute atomic E-state index is 0.185. The lowest BCUT2D eigenvalue weighted by molar-refractivity contribution is -0.384. The minimum Gasteiger partial charge on any atom is -0.486 e. The monoisotopic (exact) mass is 373 g/mol. The lowest BCUT2D eigenvalue weighted by Gasteiger charge is -2.36. The Labute approximate surface area is 156 Å². The third-order valence-electron chi connectivity index (χ3n) is 4.86. The molecular formula is C19H20FN3O4. The summed E-state index contributed by atoms with van der Waals surface area (Å²) >= 11 is 0. The van der Waals surface area contributed by atoms with Crippen molar-refractivity contribution in [1.82, 2.24) is 4.90 Å². The van der Waals surface area contributed by atoms with E-state index in [-0.39, 0.29) is 5.69 Å². The number of halogens is 1. The first kappa shape index (κ1) is 17.5. The van der Waals surface area contributed by atoms with Gasteiger partial charge in [0.05, 0.1) is 11.0 Å². The molecule has 8 heteroatoms. The topological polar surface area (TPSA) is 68.1 Å². The Bertz CT molecular complexity index is 853. The van der Waals surface area contributed by atoms with Crippen LogP contribution in [0, 0.1) is 15.9 Å². The molecule has 2 heterocycles. The van der Waals surface area contributed by atoms with Crippen LogP contribution in [0.15, 0.2) is 36.4 Å². The van der Waals surface area contributed by atoms with Crippen LogP contribution in [0.2, 0.25) is 0 Å². The number of anilines is 1. The highest BCUT2D eigenvalue weighted by molar-refractivity contribution is 5.63. The van der Waals surface area contributed by atoms with Gasteiger partial charge < -0.3 is 14.4 Å². The molecule has 0 radical (unpaired) electrons. The molecule has 2 aliphatic rings. The van der Waals surface area contributed by atoms with Crippen LogP contribution in [0.3, 0.4) is 0 Å². The van der Waals surface area contributed by atoms with Crippen molar-refractivity contribution in [2.24, 2.45) is 0 Å². The van der Waals surface area contributed by atoms with Crippen LogP contribution in [0.25, 0.3) is 0 Å². The van der Waals surface area contributed by atoms with E-state index < -0.39 is 10.7 Å². The zero-order chi connectivity index (χ0) is 18.8. The van der Waals surface area contributed by atoms with Gasteiger partial charge in [-0.3, -0.25) is 15.0 Å². The predicted octanol–water partition coefficient (Wildman–Crippen LogP) is 2.83. The van der Waals surface area contributed by atoms with Crippen LogP contribution in [0.4, 0.5) is 15.8 Å². The van der Waals surface area contributed by atoms with E-state index in [2.05, 4.69) is 4.90 Å². The van der Waals surface area contributed by atoms with Gasteiger partial charge in [-0.05, 0) is 29.8 Å². The van der Waals surface area contributed by atoms with Gasteiger partial charge in [0.15, 0.2) is 11.5 Å². The van der Waals surface area contributed by atoms with E-state index in [0.29, 0.717) is 32.0 Å². The maximum absolute atomic E-state index is 13.3. The number of piperazine rings is 1. The van der Waals surface area contributed by atoms with Gasteiger partial charge in [-0.15, -0.1) is 0 Å². The molecule has 0 amide bonds. The van der Waals surface area contributed by atoms with E-state index in [4.69, 9.17) is 9.47 Å². The highest BCUT2D eigenvalue weighted by Gasteiger charge is 2.24. The number of hydrogen-bond acceptors (Lipinski definition) is 6. The number of ether oxygens (including phenoxy) is 2. The number of nitro benzene ring substituents is 1. The second-order valence-corrected chi connectivity index (χ2v) is 6.63. The number of nitrogens with zero attached hydrogens (tertiary/aromatic N) is 3. The van der Waals surface area contributed by atoms with E-state index in [9.17, 15) is 14.5 Å². The van der Waals surface area contributed by atoms with E-state index in [1.807, 2.05) is 23.1 Å². The quantitative estimate of drug-likeness (QED) is 0.606. The van der Waals surface area contributed by atoms with Crippen molar-refractivity contribution in [2.45, 2.75) is 6.54 Å². The molecule has 0 unspecified atom stereocenters. The molecular weight excluding hydrogens is 353 g/mol. The van der Waals surface area contributed by atoms with Gasteiger partial charge in [-0.25, -0.2) is 4.39 Å². The molecule has 7 nitrogen and oxygen atoms in total. The molecule has 27 heavy (non-hydrogen) atoms. The average molecular weight is 373 g/mol. The van der Waals surface area contributed by atoms with Crippen molar-refractivity contribution in [3.05, 3.63) is 57.9 Å². The first-order valence-corrected chi connectivity index (χ1v) is 8.90. The van der Waals surface area contributed by atoms with Gasteiger partial charge in [0, 0.05) is 32.7 Å². The van der Waals surface area contributed by atoms with Crippen molar-refractivity contribution in [3.63, 3.8) is 0 Å². The first-order valence-electron chi connectivity index (χ1n) is 8.90. The highest BCUT2D eigenvalue weighted by Crippen LogP contribution is 2.32. The largest absolute Gasteiger partial charge is 0.486 e. The molecule has 0 bridgehead atoms. The van der Waals surface area contributed by atoms with Gasteiger partial charge in [-0.2, -0.15) is 0 Å². The van der Waals surface area contributed by atoms with Crippen molar-refractivity contribution in [1.29, 1.82) is 0 Å². The van der Waals surface area contributed by atoms with Gasteiger partial charge >= 0.3 is 0 Å². The van der Waals surface area contributed by atoms with E-state index >= 15 is 0 Å². The maximum atomic E-state index is 13.3. The normalized spacial score (nSPS) is 17.0. The molecule has 0 N–H and O–H groups in total. The van der Waals surface area contributed by atoms with E-state index in [1.165, 1.54) is 12.1 Å². The van der Waals surface area contributed by atoms with Gasteiger partial charge in [0.1, 0.15) is 24.7 Å². The summed E-state index contributed by atoms with van der Waals surface area (Å²) in [6.07, 6.45) is 0. The van der Waals surface area contributed by atoms with Crippen molar-refractivity contribution in [2.75, 3.05) is 44.3 Å². The summed E-state index contributed by atoms with van der Waals surface area (Å²) in [5.41, 5.74) is 1.43. The van der Waals surface area contributed by atoms with Crippen LogP contribution in [-0.2, 0) is 6.54 Å². The first-order chi connectivity index (χ1) is 13.1. The summed E-state index contributed by atoms with van der Waals surface area (Å²) in [4.78, 5) is 14.9. The number of benzene rings is 2. The molecule has 2 aliphatic heterocycles. The molecule has 0 aliphatic carbocycles. The van der Waals surface area contributed by atoms with Crippen molar-refractivity contribution >= 4 is 11.4 Å². The van der Waals surface area contributed by atoms with Crippen LogP contribution in [-0.4, -0.2) is 49.2 Å². The average Bonchev–Trinajstić information content (AvgIpc) is 2.68. The Morgan fingerprint density at radius 1 is 1.00 bits per heavy atom. The Morgan fingerprint density at radius 2 is 1.74 bits per heavy atom. The van der Waals surface area contributed by atoms with Crippen LogP contribution in [0.1, 0.15) is 5.56 Å². The molecule has 1 saturated heterocycles. The summed E-state index contributed by atoms with van der Waals surface area (Å²) in [7, 11) is 0. The third kappa shape index (κ3) is 3.80. The van der Waals surface area contributed by atoms with Crippen LogP contribution < -0.4 is 14.4 Å².